The number of aliphatic imine (C=N–C) groups is 1. The van der Waals surface area contributed by atoms with Gasteiger partial charge in [0.2, 0.25) is 0 Å². The van der Waals surface area contributed by atoms with Gasteiger partial charge >= 0.3 is 0 Å². The summed E-state index contributed by atoms with van der Waals surface area (Å²) in [6, 6.07) is 8.04. The van der Waals surface area contributed by atoms with E-state index in [1.165, 1.54) is 5.56 Å². The van der Waals surface area contributed by atoms with Crippen LogP contribution in [0.3, 0.4) is 0 Å². The molecule has 0 aromatic heterocycles. The summed E-state index contributed by atoms with van der Waals surface area (Å²) in [6.45, 7) is 6.14. The first kappa shape index (κ1) is 22.9. The van der Waals surface area contributed by atoms with Crippen molar-refractivity contribution in [2.45, 2.75) is 13.3 Å². The van der Waals surface area contributed by atoms with E-state index in [1.54, 1.807) is 14.2 Å². The lowest BCUT2D eigenvalue weighted by Crippen LogP contribution is -2.39. The summed E-state index contributed by atoms with van der Waals surface area (Å²) in [5.41, 5.74) is 1.23. The van der Waals surface area contributed by atoms with Gasteiger partial charge in [0.15, 0.2) is 5.96 Å². The highest BCUT2D eigenvalue weighted by Crippen LogP contribution is 2.10. The van der Waals surface area contributed by atoms with Crippen LogP contribution in [0.1, 0.15) is 12.0 Å². The molecule has 0 atom stereocenters. The van der Waals surface area contributed by atoms with Crippen LogP contribution in [0.15, 0.2) is 29.3 Å². The van der Waals surface area contributed by atoms with Gasteiger partial charge in [-0.15, -0.1) is 24.0 Å². The van der Waals surface area contributed by atoms with Gasteiger partial charge < -0.3 is 24.8 Å². The van der Waals surface area contributed by atoms with E-state index in [4.69, 9.17) is 14.2 Å². The summed E-state index contributed by atoms with van der Waals surface area (Å²) in [7, 11) is 3.42. The monoisotopic (exact) mass is 451 g/mol. The second-order valence-electron chi connectivity index (χ2n) is 5.05. The molecule has 7 heteroatoms. The molecule has 0 aliphatic carbocycles. The molecule has 24 heavy (non-hydrogen) atoms. The molecule has 0 saturated carbocycles. The van der Waals surface area contributed by atoms with Crippen LogP contribution in [-0.4, -0.2) is 59.6 Å². The van der Waals surface area contributed by atoms with Crippen molar-refractivity contribution in [1.29, 1.82) is 0 Å². The van der Waals surface area contributed by atoms with Crippen LogP contribution >= 0.6 is 24.0 Å². The van der Waals surface area contributed by atoms with Crippen LogP contribution in [0.4, 0.5) is 0 Å². The maximum atomic E-state index is 5.66. The predicted octanol–water partition coefficient (Wildman–Crippen LogP) is 2.21. The molecule has 6 nitrogen and oxygen atoms in total. The number of rotatable bonds is 11. The number of guanidine groups is 1. The van der Waals surface area contributed by atoms with Gasteiger partial charge in [0.25, 0.3) is 0 Å². The Morgan fingerprint density at radius 3 is 2.38 bits per heavy atom. The highest BCUT2D eigenvalue weighted by molar-refractivity contribution is 14.0. The Bertz CT molecular complexity index is 441. The van der Waals surface area contributed by atoms with Crippen LogP contribution in [0.2, 0.25) is 0 Å². The van der Waals surface area contributed by atoms with Crippen LogP contribution in [0.25, 0.3) is 0 Å². The standard InChI is InChI=1S/C17H29N3O3.HI/c1-15-5-7-16(8-6-15)23-12-10-20-17(18-2)19-9-4-11-22-14-13-21-3;/h5-8H,4,9-14H2,1-3H3,(H2,18,19,20);1H. The molecule has 1 aromatic rings. The third-order valence-corrected chi connectivity index (χ3v) is 3.10. The van der Waals surface area contributed by atoms with Gasteiger partial charge in [-0.3, -0.25) is 4.99 Å². The number of aryl methyl sites for hydroxylation is 1. The second kappa shape index (κ2) is 15.5. The van der Waals surface area contributed by atoms with E-state index < -0.39 is 0 Å². The number of ether oxygens (including phenoxy) is 3. The number of hydrogen-bond donors (Lipinski definition) is 2. The average molecular weight is 451 g/mol. The number of methoxy groups -OCH3 is 1. The zero-order valence-corrected chi connectivity index (χ0v) is 17.2. The fourth-order valence-electron chi connectivity index (χ4n) is 1.82. The van der Waals surface area contributed by atoms with Crippen molar-refractivity contribution in [2.75, 3.05) is 53.7 Å². The van der Waals surface area contributed by atoms with Crippen molar-refractivity contribution in [3.05, 3.63) is 29.8 Å². The summed E-state index contributed by atoms with van der Waals surface area (Å²) in [4.78, 5) is 4.17. The molecular weight excluding hydrogens is 421 g/mol. The first-order valence-corrected chi connectivity index (χ1v) is 7.97. The molecule has 0 aliphatic heterocycles. The predicted molar refractivity (Wildman–Crippen MR) is 109 cm³/mol. The number of nitrogens with one attached hydrogen (secondary N) is 2. The van der Waals surface area contributed by atoms with Gasteiger partial charge in [-0.1, -0.05) is 17.7 Å². The lowest BCUT2D eigenvalue weighted by Gasteiger charge is -2.12. The average Bonchev–Trinajstić information content (AvgIpc) is 2.57. The van der Waals surface area contributed by atoms with Crippen molar-refractivity contribution in [1.82, 2.24) is 10.6 Å². The zero-order chi connectivity index (χ0) is 16.8. The third kappa shape index (κ3) is 11.5. The van der Waals surface area contributed by atoms with E-state index in [-0.39, 0.29) is 24.0 Å². The third-order valence-electron chi connectivity index (χ3n) is 3.10. The topological polar surface area (TPSA) is 64.1 Å². The highest BCUT2D eigenvalue weighted by atomic mass is 127. The normalized spacial score (nSPS) is 10.9. The van der Waals surface area contributed by atoms with Crippen molar-refractivity contribution in [3.8, 4) is 5.75 Å². The Kier molecular flexibility index (Phi) is 14.8. The Morgan fingerprint density at radius 1 is 1.00 bits per heavy atom. The fraction of sp³-hybridized carbons (Fsp3) is 0.588. The molecule has 0 aliphatic rings. The fourth-order valence-corrected chi connectivity index (χ4v) is 1.82. The van der Waals surface area contributed by atoms with E-state index >= 15 is 0 Å². The molecular formula is C17H30IN3O3. The maximum absolute atomic E-state index is 5.66. The molecule has 0 fully saturated rings. The number of halogens is 1. The second-order valence-corrected chi connectivity index (χ2v) is 5.05. The Balaban J connectivity index is 0.00000529. The summed E-state index contributed by atoms with van der Waals surface area (Å²) in [5.74, 6) is 1.66. The molecule has 1 rings (SSSR count). The minimum atomic E-state index is 0. The molecule has 0 amide bonds. The first-order valence-electron chi connectivity index (χ1n) is 7.97. The number of hydrogen-bond acceptors (Lipinski definition) is 4. The number of nitrogens with zero attached hydrogens (tertiary/aromatic N) is 1. The quantitative estimate of drug-likeness (QED) is 0.234. The van der Waals surface area contributed by atoms with Gasteiger partial charge in [-0.05, 0) is 25.5 Å². The van der Waals surface area contributed by atoms with Crippen molar-refractivity contribution in [3.63, 3.8) is 0 Å². The SMILES string of the molecule is CN=C(NCCCOCCOC)NCCOc1ccc(C)cc1.I. The van der Waals surface area contributed by atoms with Crippen LogP contribution in [0, 0.1) is 6.92 Å². The molecule has 0 unspecified atom stereocenters. The highest BCUT2D eigenvalue weighted by Gasteiger charge is 1.98. The van der Waals surface area contributed by atoms with Gasteiger partial charge in [-0.2, -0.15) is 0 Å². The molecule has 138 valence electrons. The van der Waals surface area contributed by atoms with Crippen LogP contribution < -0.4 is 15.4 Å². The van der Waals surface area contributed by atoms with E-state index in [0.717, 1.165) is 24.7 Å². The Morgan fingerprint density at radius 2 is 1.71 bits per heavy atom. The summed E-state index contributed by atoms with van der Waals surface area (Å²) in [6.07, 6.45) is 0.921. The van der Waals surface area contributed by atoms with Crippen molar-refractivity contribution < 1.29 is 14.2 Å². The van der Waals surface area contributed by atoms with E-state index in [9.17, 15) is 0 Å². The molecule has 1 aromatic carbocycles. The molecule has 0 heterocycles. The van der Waals surface area contributed by atoms with Gasteiger partial charge in [0.05, 0.1) is 19.8 Å². The molecule has 0 bridgehead atoms. The summed E-state index contributed by atoms with van der Waals surface area (Å²) >= 11 is 0. The van der Waals surface area contributed by atoms with E-state index in [2.05, 4.69) is 22.5 Å². The maximum Gasteiger partial charge on any atom is 0.191 e. The molecule has 2 N–H and O–H groups in total. The summed E-state index contributed by atoms with van der Waals surface area (Å²) in [5, 5.41) is 6.45. The van der Waals surface area contributed by atoms with Crippen LogP contribution in [0.5, 0.6) is 5.75 Å². The van der Waals surface area contributed by atoms with E-state index in [0.29, 0.717) is 33.0 Å². The van der Waals surface area contributed by atoms with Gasteiger partial charge in [0.1, 0.15) is 12.4 Å². The molecule has 0 saturated heterocycles. The zero-order valence-electron chi connectivity index (χ0n) is 14.8. The van der Waals surface area contributed by atoms with Crippen molar-refractivity contribution >= 4 is 29.9 Å². The lowest BCUT2D eigenvalue weighted by molar-refractivity contribution is 0.0698. The minimum absolute atomic E-state index is 0. The molecule has 0 radical (unpaired) electrons. The lowest BCUT2D eigenvalue weighted by atomic mass is 10.2. The van der Waals surface area contributed by atoms with Gasteiger partial charge in [0, 0.05) is 27.3 Å². The Hall–Kier alpha value is -1.06. The van der Waals surface area contributed by atoms with E-state index in [1.807, 2.05) is 24.3 Å². The first-order chi connectivity index (χ1) is 11.3. The van der Waals surface area contributed by atoms with Gasteiger partial charge in [-0.25, -0.2) is 0 Å². The van der Waals surface area contributed by atoms with Crippen molar-refractivity contribution in [2.24, 2.45) is 4.99 Å². The largest absolute Gasteiger partial charge is 0.492 e. The molecule has 0 spiro atoms. The Labute approximate surface area is 162 Å². The minimum Gasteiger partial charge on any atom is -0.492 e. The smallest absolute Gasteiger partial charge is 0.191 e. The van der Waals surface area contributed by atoms with Crippen LogP contribution in [-0.2, 0) is 9.47 Å². The summed E-state index contributed by atoms with van der Waals surface area (Å²) < 4.78 is 16.0. The number of benzene rings is 1.